The maximum absolute atomic E-state index is 5.33. The van der Waals surface area contributed by atoms with Crippen LogP contribution in [0.25, 0.3) is 22.6 Å². The molecule has 0 radical (unpaired) electrons. The third kappa shape index (κ3) is 1.95. The maximum Gasteiger partial charge on any atom is 0.167 e. The van der Waals surface area contributed by atoms with Crippen LogP contribution in [-0.4, -0.2) is 10.1 Å². The Kier molecular flexibility index (Phi) is 2.43. The summed E-state index contributed by atoms with van der Waals surface area (Å²) >= 11 is 0. The molecule has 82 valence electrons. The van der Waals surface area contributed by atoms with E-state index in [0.717, 1.165) is 22.6 Å². The Hall–Kier alpha value is -2.42. The molecule has 0 saturated heterocycles. The van der Waals surface area contributed by atoms with E-state index in [0.29, 0.717) is 0 Å². The lowest BCUT2D eigenvalue weighted by Crippen LogP contribution is -1.77. The van der Waals surface area contributed by atoms with Gasteiger partial charge in [0.25, 0.3) is 0 Å². The minimum absolute atomic E-state index is 0.768. The summed E-state index contributed by atoms with van der Waals surface area (Å²) < 4.78 is 5.33. The Labute approximate surface area is 98.7 Å². The zero-order valence-corrected chi connectivity index (χ0v) is 9.08. The van der Waals surface area contributed by atoms with E-state index in [4.69, 9.17) is 4.52 Å². The van der Waals surface area contributed by atoms with Crippen molar-refractivity contribution in [1.29, 1.82) is 0 Å². The van der Waals surface area contributed by atoms with Crippen LogP contribution in [0, 0.1) is 0 Å². The smallest absolute Gasteiger partial charge is 0.167 e. The van der Waals surface area contributed by atoms with Crippen LogP contribution in [0.2, 0.25) is 0 Å². The third-order valence-electron chi connectivity index (χ3n) is 2.53. The molecule has 0 atom stereocenters. The van der Waals surface area contributed by atoms with Crippen molar-refractivity contribution in [3.05, 3.63) is 60.9 Å². The topological polar surface area (TPSA) is 38.9 Å². The second-order valence-corrected chi connectivity index (χ2v) is 3.68. The second kappa shape index (κ2) is 4.22. The van der Waals surface area contributed by atoms with Crippen LogP contribution in [0.3, 0.4) is 0 Å². The van der Waals surface area contributed by atoms with Gasteiger partial charge in [0.15, 0.2) is 5.76 Å². The summed E-state index contributed by atoms with van der Waals surface area (Å²) in [6, 6.07) is 15.7. The van der Waals surface area contributed by atoms with Gasteiger partial charge < -0.3 is 4.52 Å². The Bertz CT molecular complexity index is 548. The lowest BCUT2D eigenvalue weighted by molar-refractivity contribution is 0.435. The van der Waals surface area contributed by atoms with Crippen LogP contribution in [-0.2, 0) is 0 Å². The number of nitrogens with zero attached hydrogens (tertiary/aromatic N) is 2. The summed E-state index contributed by atoms with van der Waals surface area (Å²) in [7, 11) is 0. The van der Waals surface area contributed by atoms with E-state index in [1.54, 1.807) is 12.4 Å². The molecule has 0 fully saturated rings. The van der Waals surface area contributed by atoms with E-state index >= 15 is 0 Å². The molecule has 0 N–H and O–H groups in total. The Morgan fingerprint density at radius 2 is 1.71 bits per heavy atom. The van der Waals surface area contributed by atoms with E-state index in [2.05, 4.69) is 10.1 Å². The summed E-state index contributed by atoms with van der Waals surface area (Å²) in [5, 5.41) is 4.05. The van der Waals surface area contributed by atoms with E-state index in [1.807, 2.05) is 48.5 Å². The first-order valence-corrected chi connectivity index (χ1v) is 5.36. The summed E-state index contributed by atoms with van der Waals surface area (Å²) in [6.45, 7) is 0. The molecule has 2 aromatic heterocycles. The first-order chi connectivity index (χ1) is 8.43. The molecule has 0 spiro atoms. The molecule has 3 aromatic rings. The lowest BCUT2D eigenvalue weighted by Gasteiger charge is -1.92. The molecule has 0 aliphatic carbocycles. The highest BCUT2D eigenvalue weighted by Crippen LogP contribution is 2.24. The quantitative estimate of drug-likeness (QED) is 0.667. The molecule has 0 saturated carbocycles. The number of hydrogen-bond acceptors (Lipinski definition) is 3. The zero-order chi connectivity index (χ0) is 11.5. The van der Waals surface area contributed by atoms with Crippen LogP contribution in [0.4, 0.5) is 0 Å². The van der Waals surface area contributed by atoms with Crippen LogP contribution in [0.15, 0.2) is 65.4 Å². The monoisotopic (exact) mass is 222 g/mol. The third-order valence-corrected chi connectivity index (χ3v) is 2.53. The van der Waals surface area contributed by atoms with Crippen molar-refractivity contribution in [3.8, 4) is 22.6 Å². The Balaban J connectivity index is 1.99. The summed E-state index contributed by atoms with van der Waals surface area (Å²) in [5.41, 5.74) is 2.78. The van der Waals surface area contributed by atoms with E-state index in [-0.39, 0.29) is 0 Å². The number of hydrogen-bond donors (Lipinski definition) is 0. The van der Waals surface area contributed by atoms with Crippen molar-refractivity contribution >= 4 is 0 Å². The molecule has 3 rings (SSSR count). The standard InChI is InChI=1S/C14H10N2O/c1-2-5-11(6-3-1)14-9-13(16-17-14)12-7-4-8-15-10-12/h1-10H. The van der Waals surface area contributed by atoms with Crippen molar-refractivity contribution in [2.24, 2.45) is 0 Å². The Morgan fingerprint density at radius 3 is 2.47 bits per heavy atom. The SMILES string of the molecule is c1ccc(-c2cc(-c3cccnc3)no2)cc1. The minimum atomic E-state index is 0.768. The van der Waals surface area contributed by atoms with Crippen molar-refractivity contribution in [2.75, 3.05) is 0 Å². The highest BCUT2D eigenvalue weighted by atomic mass is 16.5. The van der Waals surface area contributed by atoms with Gasteiger partial charge in [-0.15, -0.1) is 0 Å². The molecule has 2 heterocycles. The molecule has 17 heavy (non-hydrogen) atoms. The first-order valence-electron chi connectivity index (χ1n) is 5.36. The maximum atomic E-state index is 5.33. The van der Waals surface area contributed by atoms with Gasteiger partial charge in [-0.25, -0.2) is 0 Å². The van der Waals surface area contributed by atoms with E-state index < -0.39 is 0 Å². The molecule has 3 heteroatoms. The van der Waals surface area contributed by atoms with E-state index in [9.17, 15) is 0 Å². The molecule has 0 unspecified atom stereocenters. The van der Waals surface area contributed by atoms with Crippen molar-refractivity contribution in [2.45, 2.75) is 0 Å². The van der Waals surface area contributed by atoms with Gasteiger partial charge in [-0.2, -0.15) is 0 Å². The molecular weight excluding hydrogens is 212 g/mol. The second-order valence-electron chi connectivity index (χ2n) is 3.68. The fourth-order valence-electron chi connectivity index (χ4n) is 1.66. The van der Waals surface area contributed by atoms with Crippen molar-refractivity contribution in [1.82, 2.24) is 10.1 Å². The van der Waals surface area contributed by atoms with Crippen LogP contribution >= 0.6 is 0 Å². The highest BCUT2D eigenvalue weighted by molar-refractivity contribution is 5.65. The largest absolute Gasteiger partial charge is 0.356 e. The first kappa shape index (κ1) is 9.78. The van der Waals surface area contributed by atoms with Crippen LogP contribution in [0.5, 0.6) is 0 Å². The van der Waals surface area contributed by atoms with Gasteiger partial charge in [0, 0.05) is 29.6 Å². The average Bonchev–Trinajstić information content (AvgIpc) is 2.90. The molecule has 1 aromatic carbocycles. The van der Waals surface area contributed by atoms with Crippen molar-refractivity contribution < 1.29 is 4.52 Å². The number of benzene rings is 1. The fraction of sp³-hybridized carbons (Fsp3) is 0. The molecular formula is C14H10N2O. The molecule has 0 bridgehead atoms. The highest BCUT2D eigenvalue weighted by Gasteiger charge is 2.07. The van der Waals surface area contributed by atoms with Gasteiger partial charge in [0.2, 0.25) is 0 Å². The summed E-state index contributed by atoms with van der Waals surface area (Å²) in [5.74, 6) is 0.768. The van der Waals surface area contributed by atoms with Gasteiger partial charge in [-0.1, -0.05) is 35.5 Å². The fourth-order valence-corrected chi connectivity index (χ4v) is 1.66. The number of pyridine rings is 1. The molecule has 0 amide bonds. The minimum Gasteiger partial charge on any atom is -0.356 e. The summed E-state index contributed by atoms with van der Waals surface area (Å²) in [6.07, 6.45) is 3.51. The van der Waals surface area contributed by atoms with Gasteiger partial charge in [0.1, 0.15) is 5.69 Å². The zero-order valence-electron chi connectivity index (χ0n) is 9.08. The van der Waals surface area contributed by atoms with Crippen LogP contribution in [0.1, 0.15) is 0 Å². The number of aromatic nitrogens is 2. The molecule has 0 aliphatic heterocycles. The number of rotatable bonds is 2. The lowest BCUT2D eigenvalue weighted by atomic mass is 10.1. The average molecular weight is 222 g/mol. The van der Waals surface area contributed by atoms with Crippen molar-refractivity contribution in [3.63, 3.8) is 0 Å². The predicted octanol–water partition coefficient (Wildman–Crippen LogP) is 3.40. The van der Waals surface area contributed by atoms with Crippen LogP contribution < -0.4 is 0 Å². The van der Waals surface area contributed by atoms with Gasteiger partial charge >= 0.3 is 0 Å². The van der Waals surface area contributed by atoms with Gasteiger partial charge in [0.05, 0.1) is 0 Å². The summed E-state index contributed by atoms with van der Waals surface area (Å²) in [4.78, 5) is 4.06. The normalized spacial score (nSPS) is 10.4. The van der Waals surface area contributed by atoms with Gasteiger partial charge in [-0.05, 0) is 12.1 Å². The van der Waals surface area contributed by atoms with E-state index in [1.165, 1.54) is 0 Å². The Morgan fingerprint density at radius 1 is 0.882 bits per heavy atom. The molecule has 3 nitrogen and oxygen atoms in total. The van der Waals surface area contributed by atoms with Gasteiger partial charge in [-0.3, -0.25) is 4.98 Å². The predicted molar refractivity (Wildman–Crippen MR) is 65.2 cm³/mol. The molecule has 0 aliphatic rings.